The molecule has 5 heteroatoms. The number of rotatable bonds is 4. The van der Waals surface area contributed by atoms with E-state index >= 15 is 0 Å². The van der Waals surface area contributed by atoms with E-state index in [2.05, 4.69) is 10.6 Å². The van der Waals surface area contributed by atoms with Crippen LogP contribution in [0.1, 0.15) is 56.8 Å². The van der Waals surface area contributed by atoms with Crippen molar-refractivity contribution in [3.05, 3.63) is 29.8 Å². The van der Waals surface area contributed by atoms with E-state index in [9.17, 15) is 9.59 Å². The maximum Gasteiger partial charge on any atom is 0.253 e. The maximum absolute atomic E-state index is 12.6. The second kappa shape index (κ2) is 8.29. The van der Waals surface area contributed by atoms with Crippen LogP contribution in [0.15, 0.2) is 24.3 Å². The van der Waals surface area contributed by atoms with E-state index in [0.717, 1.165) is 25.9 Å². The first-order chi connectivity index (χ1) is 11.3. The fraction of sp³-hybridized carbons (Fsp3) is 0.579. The van der Waals surface area contributed by atoms with Gasteiger partial charge in [0, 0.05) is 29.9 Å². The Kier molecular flexibility index (Phi) is 6.37. The lowest BCUT2D eigenvalue weighted by atomic mass is 10.1. The minimum absolute atomic E-state index is 0.0563. The molecule has 132 valence electrons. The molecular weight excluding hydrogens is 302 g/mol. The zero-order chi connectivity index (χ0) is 17.6. The van der Waals surface area contributed by atoms with Crippen molar-refractivity contribution >= 4 is 17.5 Å². The molecule has 0 spiro atoms. The van der Waals surface area contributed by atoms with Crippen LogP contribution in [0.2, 0.25) is 0 Å². The zero-order valence-corrected chi connectivity index (χ0v) is 15.0. The Morgan fingerprint density at radius 3 is 2.38 bits per heavy atom. The van der Waals surface area contributed by atoms with Crippen LogP contribution in [0, 0.1) is 0 Å². The Bertz CT molecular complexity index is 570. The molecule has 2 N–H and O–H groups in total. The van der Waals surface area contributed by atoms with Gasteiger partial charge in [-0.2, -0.15) is 0 Å². The minimum atomic E-state index is -0.109. The van der Waals surface area contributed by atoms with Gasteiger partial charge in [-0.1, -0.05) is 18.9 Å². The van der Waals surface area contributed by atoms with Crippen LogP contribution in [0.5, 0.6) is 0 Å². The number of benzene rings is 1. The third kappa shape index (κ3) is 5.96. The molecule has 0 aliphatic carbocycles. The second-order valence-electron chi connectivity index (χ2n) is 7.44. The molecule has 1 fully saturated rings. The first kappa shape index (κ1) is 18.5. The molecular formula is C19H29N3O2. The third-order valence-electron chi connectivity index (χ3n) is 4.07. The van der Waals surface area contributed by atoms with Crippen LogP contribution >= 0.6 is 0 Å². The molecule has 1 aliphatic rings. The molecule has 5 nitrogen and oxygen atoms in total. The second-order valence-corrected chi connectivity index (χ2v) is 7.44. The van der Waals surface area contributed by atoms with Crippen molar-refractivity contribution in [2.45, 2.75) is 52.0 Å². The first-order valence-corrected chi connectivity index (χ1v) is 8.79. The average molecular weight is 331 g/mol. The van der Waals surface area contributed by atoms with Crippen molar-refractivity contribution in [2.75, 3.05) is 25.0 Å². The normalized spacial score (nSPS) is 15.7. The monoisotopic (exact) mass is 331 g/mol. The number of nitrogens with zero attached hydrogens (tertiary/aromatic N) is 1. The Hall–Kier alpha value is -1.88. The van der Waals surface area contributed by atoms with Gasteiger partial charge >= 0.3 is 0 Å². The minimum Gasteiger partial charge on any atom is -0.339 e. The maximum atomic E-state index is 12.6. The Labute approximate surface area is 144 Å². The Balaban J connectivity index is 1.97. The molecule has 1 heterocycles. The standard InChI is InChI=1S/C19H29N3O2/c1-19(2,3)20-14-17(23)21-16-10-8-9-15(13-16)18(24)22-11-6-4-5-7-12-22/h8-10,13,20H,4-7,11-12,14H2,1-3H3,(H,21,23). The van der Waals surface area contributed by atoms with E-state index < -0.39 is 0 Å². The van der Waals surface area contributed by atoms with Gasteiger partial charge in [0.05, 0.1) is 6.54 Å². The van der Waals surface area contributed by atoms with Crippen molar-refractivity contribution in [2.24, 2.45) is 0 Å². The summed E-state index contributed by atoms with van der Waals surface area (Å²) >= 11 is 0. The molecule has 1 saturated heterocycles. The van der Waals surface area contributed by atoms with Crippen molar-refractivity contribution < 1.29 is 9.59 Å². The molecule has 1 aromatic carbocycles. The molecule has 2 amide bonds. The molecule has 0 unspecified atom stereocenters. The smallest absolute Gasteiger partial charge is 0.253 e. The molecule has 24 heavy (non-hydrogen) atoms. The fourth-order valence-corrected chi connectivity index (χ4v) is 2.74. The number of likely N-dealkylation sites (tertiary alicyclic amines) is 1. The van der Waals surface area contributed by atoms with Gasteiger partial charge in [-0.25, -0.2) is 0 Å². The summed E-state index contributed by atoms with van der Waals surface area (Å²) in [6.45, 7) is 7.94. The van der Waals surface area contributed by atoms with E-state index in [4.69, 9.17) is 0 Å². The number of nitrogens with one attached hydrogen (secondary N) is 2. The van der Waals surface area contributed by atoms with Crippen molar-refractivity contribution in [3.8, 4) is 0 Å². The van der Waals surface area contributed by atoms with E-state index in [0.29, 0.717) is 11.3 Å². The molecule has 1 aromatic rings. The van der Waals surface area contributed by atoms with Crippen LogP contribution in [-0.2, 0) is 4.79 Å². The lowest BCUT2D eigenvalue weighted by Crippen LogP contribution is -2.41. The van der Waals surface area contributed by atoms with Gasteiger partial charge in [-0.05, 0) is 51.8 Å². The van der Waals surface area contributed by atoms with Crippen molar-refractivity contribution in [1.82, 2.24) is 10.2 Å². The SMILES string of the molecule is CC(C)(C)NCC(=O)Nc1cccc(C(=O)N2CCCCCC2)c1. The van der Waals surface area contributed by atoms with Gasteiger partial charge in [0.15, 0.2) is 0 Å². The van der Waals surface area contributed by atoms with Crippen LogP contribution in [0.3, 0.4) is 0 Å². The summed E-state index contributed by atoms with van der Waals surface area (Å²) < 4.78 is 0. The van der Waals surface area contributed by atoms with Crippen LogP contribution in [0.25, 0.3) is 0 Å². The fourth-order valence-electron chi connectivity index (χ4n) is 2.74. The van der Waals surface area contributed by atoms with Gasteiger partial charge in [-0.3, -0.25) is 9.59 Å². The summed E-state index contributed by atoms with van der Waals surface area (Å²) in [6.07, 6.45) is 4.53. The summed E-state index contributed by atoms with van der Waals surface area (Å²) in [6, 6.07) is 7.21. The number of carbonyl (C=O) groups is 2. The highest BCUT2D eigenvalue weighted by molar-refractivity contribution is 5.97. The van der Waals surface area contributed by atoms with Crippen molar-refractivity contribution in [1.29, 1.82) is 0 Å². The Morgan fingerprint density at radius 1 is 1.08 bits per heavy atom. The molecule has 1 aliphatic heterocycles. The van der Waals surface area contributed by atoms with Gasteiger partial charge in [-0.15, -0.1) is 0 Å². The van der Waals surface area contributed by atoms with Gasteiger partial charge in [0.2, 0.25) is 5.91 Å². The molecule has 0 radical (unpaired) electrons. The first-order valence-electron chi connectivity index (χ1n) is 8.79. The average Bonchev–Trinajstić information content (AvgIpc) is 2.81. The lowest BCUT2D eigenvalue weighted by molar-refractivity contribution is -0.115. The summed E-state index contributed by atoms with van der Waals surface area (Å²) in [5.74, 6) is -0.0508. The largest absolute Gasteiger partial charge is 0.339 e. The van der Waals surface area contributed by atoms with Gasteiger partial charge < -0.3 is 15.5 Å². The highest BCUT2D eigenvalue weighted by atomic mass is 16.2. The molecule has 2 rings (SSSR count). The van der Waals surface area contributed by atoms with Gasteiger partial charge in [0.25, 0.3) is 5.91 Å². The number of hydrogen-bond donors (Lipinski definition) is 2. The predicted octanol–water partition coefficient (Wildman–Crippen LogP) is 3.03. The van der Waals surface area contributed by atoms with E-state index in [1.165, 1.54) is 12.8 Å². The number of hydrogen-bond acceptors (Lipinski definition) is 3. The van der Waals surface area contributed by atoms with Crippen molar-refractivity contribution in [3.63, 3.8) is 0 Å². The summed E-state index contributed by atoms with van der Waals surface area (Å²) in [5.41, 5.74) is 1.19. The van der Waals surface area contributed by atoms with E-state index in [1.807, 2.05) is 43.9 Å². The molecule has 0 bridgehead atoms. The van der Waals surface area contributed by atoms with Crippen LogP contribution < -0.4 is 10.6 Å². The molecule has 0 atom stereocenters. The van der Waals surface area contributed by atoms with E-state index in [1.54, 1.807) is 6.07 Å². The number of carbonyl (C=O) groups excluding carboxylic acids is 2. The topological polar surface area (TPSA) is 61.4 Å². The molecule has 0 saturated carbocycles. The summed E-state index contributed by atoms with van der Waals surface area (Å²) in [4.78, 5) is 26.6. The summed E-state index contributed by atoms with van der Waals surface area (Å²) in [7, 11) is 0. The lowest BCUT2D eigenvalue weighted by Gasteiger charge is -2.21. The number of anilines is 1. The number of amides is 2. The van der Waals surface area contributed by atoms with Gasteiger partial charge in [0.1, 0.15) is 0 Å². The summed E-state index contributed by atoms with van der Waals surface area (Å²) in [5, 5.41) is 6.00. The zero-order valence-electron chi connectivity index (χ0n) is 15.0. The highest BCUT2D eigenvalue weighted by Gasteiger charge is 2.18. The third-order valence-corrected chi connectivity index (χ3v) is 4.07. The van der Waals surface area contributed by atoms with Crippen LogP contribution in [0.4, 0.5) is 5.69 Å². The quantitative estimate of drug-likeness (QED) is 0.891. The van der Waals surface area contributed by atoms with Crippen LogP contribution in [-0.4, -0.2) is 41.9 Å². The van der Waals surface area contributed by atoms with E-state index in [-0.39, 0.29) is 23.9 Å². The molecule has 0 aromatic heterocycles. The predicted molar refractivity (Wildman–Crippen MR) is 97.2 cm³/mol. The Morgan fingerprint density at radius 2 is 1.75 bits per heavy atom. The highest BCUT2D eigenvalue weighted by Crippen LogP contribution is 2.16.